The zero-order valence-electron chi connectivity index (χ0n) is 9.02. The van der Waals surface area contributed by atoms with Crippen molar-refractivity contribution in [3.63, 3.8) is 0 Å². The Kier molecular flexibility index (Phi) is 3.34. The van der Waals surface area contributed by atoms with E-state index in [2.05, 4.69) is 0 Å². The lowest BCUT2D eigenvalue weighted by Crippen LogP contribution is -2.26. The topological polar surface area (TPSA) is 43.4 Å². The van der Waals surface area contributed by atoms with E-state index in [-0.39, 0.29) is 17.7 Å². The number of ketones is 1. The standard InChI is InChI=1S/C13H14O3/c14-12-6-11(7-12)8-13(15)16-9-10-4-2-1-3-5-10/h1-5,11H,6-9H2. The first-order valence-corrected chi connectivity index (χ1v) is 5.45. The normalized spacial score (nSPS) is 15.6. The molecule has 0 aromatic heterocycles. The number of hydrogen-bond donors (Lipinski definition) is 0. The van der Waals surface area contributed by atoms with Gasteiger partial charge in [-0.25, -0.2) is 0 Å². The molecule has 1 aliphatic rings. The molecule has 16 heavy (non-hydrogen) atoms. The van der Waals surface area contributed by atoms with Gasteiger partial charge in [0.1, 0.15) is 12.4 Å². The van der Waals surface area contributed by atoms with Gasteiger partial charge >= 0.3 is 5.97 Å². The molecule has 0 unspecified atom stereocenters. The van der Waals surface area contributed by atoms with Crippen molar-refractivity contribution in [1.29, 1.82) is 0 Å². The van der Waals surface area contributed by atoms with Crippen molar-refractivity contribution in [2.75, 3.05) is 0 Å². The molecule has 1 aromatic rings. The SMILES string of the molecule is O=C1CC(CC(=O)OCc2ccccc2)C1. The van der Waals surface area contributed by atoms with Crippen LogP contribution in [0.3, 0.4) is 0 Å². The van der Waals surface area contributed by atoms with E-state index in [1.807, 2.05) is 30.3 Å². The Morgan fingerprint density at radius 2 is 1.94 bits per heavy atom. The second-order valence-electron chi connectivity index (χ2n) is 4.16. The van der Waals surface area contributed by atoms with Gasteiger partial charge in [-0.2, -0.15) is 0 Å². The van der Waals surface area contributed by atoms with E-state index in [1.54, 1.807) is 0 Å². The van der Waals surface area contributed by atoms with Crippen LogP contribution < -0.4 is 0 Å². The van der Waals surface area contributed by atoms with E-state index in [4.69, 9.17) is 4.74 Å². The quantitative estimate of drug-likeness (QED) is 0.727. The molecular weight excluding hydrogens is 204 g/mol. The van der Waals surface area contributed by atoms with Crippen LogP contribution in [0.25, 0.3) is 0 Å². The maximum Gasteiger partial charge on any atom is 0.306 e. The summed E-state index contributed by atoms with van der Waals surface area (Å²) in [5, 5.41) is 0. The van der Waals surface area contributed by atoms with Gasteiger partial charge in [0, 0.05) is 19.3 Å². The molecule has 1 aromatic carbocycles. The van der Waals surface area contributed by atoms with Crippen LogP contribution in [-0.4, -0.2) is 11.8 Å². The van der Waals surface area contributed by atoms with Crippen LogP contribution in [0.5, 0.6) is 0 Å². The van der Waals surface area contributed by atoms with Crippen molar-refractivity contribution in [2.24, 2.45) is 5.92 Å². The Balaban J connectivity index is 1.70. The first kappa shape index (κ1) is 10.9. The summed E-state index contributed by atoms with van der Waals surface area (Å²) in [5.41, 5.74) is 0.987. The van der Waals surface area contributed by atoms with Gasteiger partial charge in [-0.3, -0.25) is 9.59 Å². The van der Waals surface area contributed by atoms with E-state index < -0.39 is 0 Å². The van der Waals surface area contributed by atoms with Gasteiger partial charge in [-0.1, -0.05) is 30.3 Å². The van der Waals surface area contributed by atoms with Crippen LogP contribution in [0.15, 0.2) is 30.3 Å². The Bertz CT molecular complexity index is 375. The molecule has 1 fully saturated rings. The summed E-state index contributed by atoms with van der Waals surface area (Å²) >= 11 is 0. The van der Waals surface area contributed by atoms with Gasteiger partial charge in [-0.05, 0) is 11.5 Å². The summed E-state index contributed by atoms with van der Waals surface area (Å²) in [7, 11) is 0. The van der Waals surface area contributed by atoms with Gasteiger partial charge in [0.2, 0.25) is 0 Å². The lowest BCUT2D eigenvalue weighted by Gasteiger charge is -2.22. The Morgan fingerprint density at radius 1 is 1.25 bits per heavy atom. The summed E-state index contributed by atoms with van der Waals surface area (Å²) in [4.78, 5) is 22.1. The smallest absolute Gasteiger partial charge is 0.306 e. The fourth-order valence-electron chi connectivity index (χ4n) is 1.76. The highest BCUT2D eigenvalue weighted by Gasteiger charge is 2.28. The molecular formula is C13H14O3. The van der Waals surface area contributed by atoms with E-state index in [1.165, 1.54) is 0 Å². The van der Waals surface area contributed by atoms with Crippen LogP contribution >= 0.6 is 0 Å². The number of esters is 1. The minimum atomic E-state index is -0.207. The lowest BCUT2D eigenvalue weighted by molar-refractivity contribution is -0.147. The molecule has 0 saturated heterocycles. The van der Waals surface area contributed by atoms with E-state index in [9.17, 15) is 9.59 Å². The van der Waals surface area contributed by atoms with Crippen LogP contribution in [0.2, 0.25) is 0 Å². The highest BCUT2D eigenvalue weighted by molar-refractivity contribution is 5.86. The summed E-state index contributed by atoms with van der Waals surface area (Å²) in [6.07, 6.45) is 1.46. The van der Waals surface area contributed by atoms with Crippen molar-refractivity contribution >= 4 is 11.8 Å². The molecule has 0 spiro atoms. The average molecular weight is 218 g/mol. The molecule has 1 saturated carbocycles. The molecule has 84 valence electrons. The third kappa shape index (κ3) is 2.92. The Hall–Kier alpha value is -1.64. The number of rotatable bonds is 4. The molecule has 0 atom stereocenters. The molecule has 0 bridgehead atoms. The fourth-order valence-corrected chi connectivity index (χ4v) is 1.76. The molecule has 0 amide bonds. The third-order valence-electron chi connectivity index (χ3n) is 2.73. The van der Waals surface area contributed by atoms with Gasteiger partial charge in [0.15, 0.2) is 0 Å². The maximum atomic E-state index is 11.4. The van der Waals surface area contributed by atoms with Gasteiger partial charge in [-0.15, -0.1) is 0 Å². The van der Waals surface area contributed by atoms with Crippen molar-refractivity contribution < 1.29 is 14.3 Å². The van der Waals surface area contributed by atoms with Crippen LogP contribution in [0.1, 0.15) is 24.8 Å². The monoisotopic (exact) mass is 218 g/mol. The predicted molar refractivity (Wildman–Crippen MR) is 58.6 cm³/mol. The minimum Gasteiger partial charge on any atom is -0.461 e. The number of hydrogen-bond acceptors (Lipinski definition) is 3. The number of carbonyl (C=O) groups excluding carboxylic acids is 2. The van der Waals surface area contributed by atoms with E-state index in [0.717, 1.165) is 5.56 Å². The summed E-state index contributed by atoms with van der Waals surface area (Å²) < 4.78 is 5.12. The molecule has 1 aliphatic carbocycles. The second kappa shape index (κ2) is 4.92. The molecule has 2 rings (SSSR count). The number of benzene rings is 1. The highest BCUT2D eigenvalue weighted by atomic mass is 16.5. The molecule has 0 aliphatic heterocycles. The molecule has 3 heteroatoms. The third-order valence-corrected chi connectivity index (χ3v) is 2.73. The molecule has 0 N–H and O–H groups in total. The van der Waals surface area contributed by atoms with Crippen molar-refractivity contribution in [2.45, 2.75) is 25.9 Å². The first-order valence-electron chi connectivity index (χ1n) is 5.45. The molecule has 3 nitrogen and oxygen atoms in total. The summed E-state index contributed by atoms with van der Waals surface area (Å²) in [5.74, 6) is 0.262. The van der Waals surface area contributed by atoms with Crippen LogP contribution in [-0.2, 0) is 20.9 Å². The van der Waals surface area contributed by atoms with Crippen LogP contribution in [0.4, 0.5) is 0 Å². The number of Topliss-reactive ketones (excluding diaryl/α,β-unsaturated/α-hetero) is 1. The van der Waals surface area contributed by atoms with Crippen molar-refractivity contribution in [3.05, 3.63) is 35.9 Å². The number of carbonyl (C=O) groups is 2. The van der Waals surface area contributed by atoms with E-state index in [0.29, 0.717) is 25.9 Å². The van der Waals surface area contributed by atoms with Gasteiger partial charge < -0.3 is 4.74 Å². The Labute approximate surface area is 94.4 Å². The van der Waals surface area contributed by atoms with E-state index >= 15 is 0 Å². The maximum absolute atomic E-state index is 11.4. The van der Waals surface area contributed by atoms with Gasteiger partial charge in [0.25, 0.3) is 0 Å². The minimum absolute atomic E-state index is 0.207. The summed E-state index contributed by atoms with van der Waals surface area (Å²) in [6.45, 7) is 0.320. The molecule has 0 radical (unpaired) electrons. The highest BCUT2D eigenvalue weighted by Crippen LogP contribution is 2.26. The van der Waals surface area contributed by atoms with Crippen molar-refractivity contribution in [1.82, 2.24) is 0 Å². The lowest BCUT2D eigenvalue weighted by atomic mass is 9.82. The first-order chi connectivity index (χ1) is 7.74. The zero-order chi connectivity index (χ0) is 11.4. The van der Waals surface area contributed by atoms with Crippen LogP contribution in [0, 0.1) is 5.92 Å². The largest absolute Gasteiger partial charge is 0.461 e. The summed E-state index contributed by atoms with van der Waals surface area (Å²) in [6, 6.07) is 9.58. The number of ether oxygens (including phenoxy) is 1. The molecule has 0 heterocycles. The van der Waals surface area contributed by atoms with Gasteiger partial charge in [0.05, 0.1) is 0 Å². The average Bonchev–Trinajstić information content (AvgIpc) is 2.26. The Morgan fingerprint density at radius 3 is 2.56 bits per heavy atom. The zero-order valence-corrected chi connectivity index (χ0v) is 9.02. The predicted octanol–water partition coefficient (Wildman–Crippen LogP) is 2.10. The van der Waals surface area contributed by atoms with Crippen molar-refractivity contribution in [3.8, 4) is 0 Å². The second-order valence-corrected chi connectivity index (χ2v) is 4.16. The fraction of sp³-hybridized carbons (Fsp3) is 0.385.